The average molecular weight is 323 g/mol. The van der Waals surface area contributed by atoms with Gasteiger partial charge in [0.15, 0.2) is 0 Å². The molecule has 2 rings (SSSR count). The van der Waals surface area contributed by atoms with Crippen LogP contribution in [0.15, 0.2) is 47.6 Å². The summed E-state index contributed by atoms with van der Waals surface area (Å²) in [7, 11) is 0. The summed E-state index contributed by atoms with van der Waals surface area (Å²) in [6, 6.07) is 11.9. The highest BCUT2D eigenvalue weighted by Gasteiger charge is 2.09. The molecule has 0 radical (unpaired) electrons. The zero-order valence-electron chi connectivity index (χ0n) is 11.1. The van der Waals surface area contributed by atoms with Crippen molar-refractivity contribution in [2.75, 3.05) is 5.43 Å². The highest BCUT2D eigenvalue weighted by Crippen LogP contribution is 2.20. The summed E-state index contributed by atoms with van der Waals surface area (Å²) in [6.07, 6.45) is 0. The summed E-state index contributed by atoms with van der Waals surface area (Å²) in [6.45, 7) is 1.84. The molecule has 0 atom stereocenters. The van der Waals surface area contributed by atoms with Gasteiger partial charge in [0, 0.05) is 5.02 Å². The van der Waals surface area contributed by atoms with E-state index in [9.17, 15) is 4.79 Å². The number of aromatic carboxylic acids is 1. The Morgan fingerprint density at radius 1 is 1.14 bits per heavy atom. The molecule has 4 nitrogen and oxygen atoms in total. The minimum absolute atomic E-state index is 0.0287. The van der Waals surface area contributed by atoms with Crippen molar-refractivity contribution in [3.05, 3.63) is 63.6 Å². The summed E-state index contributed by atoms with van der Waals surface area (Å²) in [5.41, 5.74) is 5.05. The lowest BCUT2D eigenvalue weighted by Gasteiger charge is -2.06. The van der Waals surface area contributed by atoms with Crippen molar-refractivity contribution in [2.24, 2.45) is 5.10 Å². The number of carboxylic acid groups (broad SMARTS) is 1. The van der Waals surface area contributed by atoms with E-state index in [2.05, 4.69) is 10.5 Å². The minimum Gasteiger partial charge on any atom is -0.478 e. The fourth-order valence-corrected chi connectivity index (χ4v) is 1.99. The lowest BCUT2D eigenvalue weighted by atomic mass is 10.1. The largest absolute Gasteiger partial charge is 0.478 e. The predicted molar refractivity (Wildman–Crippen MR) is 85.7 cm³/mol. The van der Waals surface area contributed by atoms with Gasteiger partial charge in [-0.25, -0.2) is 4.79 Å². The Bertz CT molecular complexity index is 697. The maximum Gasteiger partial charge on any atom is 0.337 e. The zero-order chi connectivity index (χ0) is 15.4. The fraction of sp³-hybridized carbons (Fsp3) is 0.0667. The van der Waals surface area contributed by atoms with Crippen LogP contribution in [-0.4, -0.2) is 16.8 Å². The molecule has 0 aliphatic rings. The van der Waals surface area contributed by atoms with Crippen LogP contribution in [0, 0.1) is 0 Å². The molecule has 0 amide bonds. The van der Waals surface area contributed by atoms with Crippen molar-refractivity contribution in [2.45, 2.75) is 6.92 Å². The maximum absolute atomic E-state index is 11.0. The molecule has 0 aliphatic carbocycles. The number of nitrogens with one attached hydrogen (secondary N) is 1. The van der Waals surface area contributed by atoms with E-state index in [1.54, 1.807) is 18.2 Å². The molecular weight excluding hydrogens is 311 g/mol. The van der Waals surface area contributed by atoms with Crippen LogP contribution in [0.4, 0.5) is 5.69 Å². The van der Waals surface area contributed by atoms with Crippen LogP contribution in [0.5, 0.6) is 0 Å². The van der Waals surface area contributed by atoms with Gasteiger partial charge >= 0.3 is 5.97 Å². The third kappa shape index (κ3) is 3.97. The first-order chi connectivity index (χ1) is 9.97. The van der Waals surface area contributed by atoms with Crippen molar-refractivity contribution in [1.82, 2.24) is 0 Å². The normalized spacial score (nSPS) is 11.3. The summed E-state index contributed by atoms with van der Waals surface area (Å²) in [4.78, 5) is 11.0. The van der Waals surface area contributed by atoms with Crippen LogP contribution in [0.3, 0.4) is 0 Å². The number of nitrogens with zero attached hydrogens (tertiary/aromatic N) is 1. The number of anilines is 1. The van der Waals surface area contributed by atoms with E-state index in [0.29, 0.717) is 10.7 Å². The molecule has 0 spiro atoms. The molecule has 0 saturated carbocycles. The van der Waals surface area contributed by atoms with Crippen LogP contribution in [0.25, 0.3) is 0 Å². The van der Waals surface area contributed by atoms with Gasteiger partial charge in [-0.15, -0.1) is 0 Å². The molecule has 0 saturated heterocycles. The number of rotatable bonds is 4. The van der Waals surface area contributed by atoms with Gasteiger partial charge in [-0.05, 0) is 42.8 Å². The number of benzene rings is 2. The molecule has 2 N–H and O–H groups in total. The smallest absolute Gasteiger partial charge is 0.337 e. The first-order valence-corrected chi connectivity index (χ1v) is 6.82. The van der Waals surface area contributed by atoms with Crippen LogP contribution in [-0.2, 0) is 0 Å². The quantitative estimate of drug-likeness (QED) is 0.642. The molecule has 2 aromatic carbocycles. The molecule has 0 unspecified atom stereocenters. The number of carboxylic acids is 1. The first-order valence-electron chi connectivity index (χ1n) is 6.06. The third-order valence-corrected chi connectivity index (χ3v) is 3.39. The van der Waals surface area contributed by atoms with E-state index in [1.807, 2.05) is 19.1 Å². The molecule has 108 valence electrons. The predicted octanol–water partition coefficient (Wildman–Crippen LogP) is 4.53. The molecule has 0 fully saturated rings. The molecular formula is C15H12Cl2N2O2. The van der Waals surface area contributed by atoms with Gasteiger partial charge < -0.3 is 5.11 Å². The van der Waals surface area contributed by atoms with Gasteiger partial charge in [0.05, 0.1) is 22.0 Å². The van der Waals surface area contributed by atoms with Crippen LogP contribution in [0.2, 0.25) is 10.0 Å². The second-order valence-electron chi connectivity index (χ2n) is 4.32. The van der Waals surface area contributed by atoms with Crippen molar-refractivity contribution >= 4 is 40.6 Å². The van der Waals surface area contributed by atoms with Gasteiger partial charge in [0.25, 0.3) is 0 Å². The standard InChI is InChI=1S/C15H12Cl2N2O2/c1-9(10-2-4-11(16)5-3-10)18-19-12-6-7-14(17)13(8-12)15(20)21/h2-8,19H,1H3,(H,20,21)/b18-9+. The number of hydrazone groups is 1. The van der Waals surface area contributed by atoms with E-state index >= 15 is 0 Å². The topological polar surface area (TPSA) is 61.7 Å². The molecule has 6 heteroatoms. The summed E-state index contributed by atoms with van der Waals surface area (Å²) >= 11 is 11.6. The van der Waals surface area contributed by atoms with E-state index in [0.717, 1.165) is 11.3 Å². The zero-order valence-corrected chi connectivity index (χ0v) is 12.6. The van der Waals surface area contributed by atoms with Gasteiger partial charge in [0.1, 0.15) is 0 Å². The Balaban J connectivity index is 2.18. The third-order valence-electron chi connectivity index (χ3n) is 2.81. The number of hydrogen-bond donors (Lipinski definition) is 2. The molecule has 21 heavy (non-hydrogen) atoms. The second-order valence-corrected chi connectivity index (χ2v) is 5.16. The molecule has 0 bridgehead atoms. The lowest BCUT2D eigenvalue weighted by Crippen LogP contribution is -2.02. The van der Waals surface area contributed by atoms with Gasteiger partial charge in [-0.1, -0.05) is 35.3 Å². The van der Waals surface area contributed by atoms with Crippen molar-refractivity contribution in [3.8, 4) is 0 Å². The van der Waals surface area contributed by atoms with Gasteiger partial charge in [-0.2, -0.15) is 5.10 Å². The van der Waals surface area contributed by atoms with E-state index < -0.39 is 5.97 Å². The highest BCUT2D eigenvalue weighted by molar-refractivity contribution is 6.33. The van der Waals surface area contributed by atoms with Crippen LogP contribution in [0.1, 0.15) is 22.8 Å². The average Bonchev–Trinajstić information content (AvgIpc) is 2.46. The van der Waals surface area contributed by atoms with E-state index in [-0.39, 0.29) is 10.6 Å². The van der Waals surface area contributed by atoms with Crippen molar-refractivity contribution < 1.29 is 9.90 Å². The van der Waals surface area contributed by atoms with Crippen molar-refractivity contribution in [3.63, 3.8) is 0 Å². The van der Waals surface area contributed by atoms with Crippen molar-refractivity contribution in [1.29, 1.82) is 0 Å². The molecule has 0 aromatic heterocycles. The SMILES string of the molecule is C/C(=N\Nc1ccc(Cl)c(C(=O)O)c1)c1ccc(Cl)cc1. The Labute approximate surface area is 132 Å². The van der Waals surface area contributed by atoms with Gasteiger partial charge in [0.2, 0.25) is 0 Å². The Kier molecular flexibility index (Phi) is 4.83. The number of halogens is 2. The van der Waals surface area contributed by atoms with Crippen LogP contribution < -0.4 is 5.43 Å². The summed E-state index contributed by atoms with van der Waals surface area (Å²) < 4.78 is 0. The monoisotopic (exact) mass is 322 g/mol. The van der Waals surface area contributed by atoms with Crippen LogP contribution >= 0.6 is 23.2 Å². The molecule has 0 aliphatic heterocycles. The Hall–Kier alpha value is -2.04. The minimum atomic E-state index is -1.08. The number of carbonyl (C=O) groups is 1. The second kappa shape index (κ2) is 6.61. The highest BCUT2D eigenvalue weighted by atomic mass is 35.5. The van der Waals surface area contributed by atoms with E-state index in [4.69, 9.17) is 28.3 Å². The Morgan fingerprint density at radius 2 is 1.81 bits per heavy atom. The lowest BCUT2D eigenvalue weighted by molar-refractivity contribution is 0.0697. The fourth-order valence-electron chi connectivity index (χ4n) is 1.66. The first kappa shape index (κ1) is 15.4. The van der Waals surface area contributed by atoms with Gasteiger partial charge in [-0.3, -0.25) is 5.43 Å². The van der Waals surface area contributed by atoms with E-state index in [1.165, 1.54) is 12.1 Å². The summed E-state index contributed by atoms with van der Waals surface area (Å²) in [5.74, 6) is -1.08. The Morgan fingerprint density at radius 3 is 2.43 bits per heavy atom. The summed E-state index contributed by atoms with van der Waals surface area (Å²) in [5, 5.41) is 14.1. The molecule has 2 aromatic rings. The molecule has 0 heterocycles. The number of hydrogen-bond acceptors (Lipinski definition) is 3. The maximum atomic E-state index is 11.0.